The van der Waals surface area contributed by atoms with E-state index in [1.807, 2.05) is 13.8 Å². The van der Waals surface area contributed by atoms with Gasteiger partial charge in [0.15, 0.2) is 0 Å². The summed E-state index contributed by atoms with van der Waals surface area (Å²) < 4.78 is 47.9. The molecule has 0 heterocycles. The topological polar surface area (TPSA) is 96.0 Å². The summed E-state index contributed by atoms with van der Waals surface area (Å²) in [5.74, 6) is -0.964. The number of carbonyl (C=O) groups is 2. The lowest BCUT2D eigenvalue weighted by atomic mass is 10.1. The van der Waals surface area contributed by atoms with Gasteiger partial charge in [-0.1, -0.05) is 50.2 Å². The Kier molecular flexibility index (Phi) is 10.3. The van der Waals surface area contributed by atoms with E-state index in [0.717, 1.165) is 9.87 Å². The van der Waals surface area contributed by atoms with Crippen molar-refractivity contribution in [2.45, 2.75) is 45.2 Å². The molecule has 0 spiro atoms. The highest BCUT2D eigenvalue weighted by atomic mass is 32.2. The van der Waals surface area contributed by atoms with Gasteiger partial charge in [-0.25, -0.2) is 12.8 Å². The quantitative estimate of drug-likeness (QED) is 0.346. The minimum Gasteiger partial charge on any atom is -0.495 e. The van der Waals surface area contributed by atoms with Gasteiger partial charge >= 0.3 is 0 Å². The Labute approximate surface area is 235 Å². The van der Waals surface area contributed by atoms with Gasteiger partial charge in [0.2, 0.25) is 11.8 Å². The lowest BCUT2D eigenvalue weighted by Gasteiger charge is -2.32. The molecule has 2 amide bonds. The van der Waals surface area contributed by atoms with Gasteiger partial charge < -0.3 is 15.0 Å². The number of rotatable bonds is 12. The van der Waals surface area contributed by atoms with E-state index in [4.69, 9.17) is 4.74 Å². The van der Waals surface area contributed by atoms with E-state index in [-0.39, 0.29) is 34.7 Å². The molecule has 0 saturated heterocycles. The van der Waals surface area contributed by atoms with Crippen LogP contribution in [0.25, 0.3) is 0 Å². The molecule has 0 fully saturated rings. The molecule has 40 heavy (non-hydrogen) atoms. The average Bonchev–Trinajstić information content (AvgIpc) is 2.94. The van der Waals surface area contributed by atoms with Gasteiger partial charge in [0, 0.05) is 13.1 Å². The number of hydrogen-bond acceptors (Lipinski definition) is 5. The van der Waals surface area contributed by atoms with E-state index in [0.29, 0.717) is 12.1 Å². The fourth-order valence-corrected chi connectivity index (χ4v) is 5.49. The molecule has 3 rings (SSSR count). The lowest BCUT2D eigenvalue weighted by Crippen LogP contribution is -2.51. The second-order valence-electron chi connectivity index (χ2n) is 9.96. The van der Waals surface area contributed by atoms with Crippen molar-refractivity contribution in [1.82, 2.24) is 10.2 Å². The predicted molar refractivity (Wildman–Crippen MR) is 153 cm³/mol. The highest BCUT2D eigenvalue weighted by molar-refractivity contribution is 7.92. The fraction of sp³-hybridized carbons (Fsp3) is 0.333. The Hall–Kier alpha value is -3.92. The zero-order chi connectivity index (χ0) is 29.4. The highest BCUT2D eigenvalue weighted by Gasteiger charge is 2.33. The molecule has 1 N–H and O–H groups in total. The van der Waals surface area contributed by atoms with Gasteiger partial charge in [0.25, 0.3) is 10.0 Å². The standard InChI is InChI=1S/C30H36FN3O5S/c1-21(2)18-32-30(36)23(4)33(19-24-12-14-25(31)15-13-24)29(35)20-34(27-17-22(3)11-16-28(27)39-5)40(37,38)26-9-7-6-8-10-26/h6-17,21,23H,18-20H2,1-5H3,(H,32,36)/t23-/m1/s1. The molecule has 3 aromatic carbocycles. The molecule has 0 aliphatic heterocycles. The number of nitrogens with one attached hydrogen (secondary N) is 1. The van der Waals surface area contributed by atoms with Gasteiger partial charge in [-0.15, -0.1) is 0 Å². The molecule has 214 valence electrons. The minimum absolute atomic E-state index is 0.000770. The van der Waals surface area contributed by atoms with Crippen molar-refractivity contribution in [3.63, 3.8) is 0 Å². The lowest BCUT2D eigenvalue weighted by molar-refractivity contribution is -0.139. The number of carbonyl (C=O) groups excluding carboxylic acids is 2. The van der Waals surface area contributed by atoms with Crippen molar-refractivity contribution in [3.8, 4) is 5.75 Å². The first kappa shape index (κ1) is 30.6. The zero-order valence-electron chi connectivity index (χ0n) is 23.4. The summed E-state index contributed by atoms with van der Waals surface area (Å²) in [7, 11) is -2.80. The van der Waals surface area contributed by atoms with Crippen LogP contribution in [-0.4, -0.2) is 51.4 Å². The summed E-state index contributed by atoms with van der Waals surface area (Å²) in [6.45, 7) is 7.08. The number of ether oxygens (including phenoxy) is 1. The van der Waals surface area contributed by atoms with Crippen LogP contribution in [0, 0.1) is 18.7 Å². The number of hydrogen-bond donors (Lipinski definition) is 1. The van der Waals surface area contributed by atoms with E-state index < -0.39 is 34.3 Å². The molecule has 0 aromatic heterocycles. The fourth-order valence-electron chi connectivity index (χ4n) is 4.05. The van der Waals surface area contributed by atoms with E-state index in [1.165, 1.54) is 48.4 Å². The van der Waals surface area contributed by atoms with Crippen molar-refractivity contribution in [1.29, 1.82) is 0 Å². The number of benzene rings is 3. The second-order valence-corrected chi connectivity index (χ2v) is 11.8. The number of amides is 2. The Morgan fingerprint density at radius 2 is 1.62 bits per heavy atom. The van der Waals surface area contributed by atoms with Crippen LogP contribution < -0.4 is 14.4 Å². The van der Waals surface area contributed by atoms with Gasteiger partial charge in [0.1, 0.15) is 24.2 Å². The molecule has 0 bridgehead atoms. The second kappa shape index (κ2) is 13.4. The van der Waals surface area contributed by atoms with Crippen molar-refractivity contribution >= 4 is 27.5 Å². The summed E-state index contributed by atoms with van der Waals surface area (Å²) in [4.78, 5) is 28.3. The third-order valence-electron chi connectivity index (χ3n) is 6.33. The normalized spacial score (nSPS) is 12.1. The molecule has 1 atom stereocenters. The number of sulfonamides is 1. The van der Waals surface area contributed by atoms with Crippen LogP contribution in [0.15, 0.2) is 77.7 Å². The molecule has 0 radical (unpaired) electrons. The number of halogens is 1. The first-order valence-electron chi connectivity index (χ1n) is 13.0. The maximum Gasteiger partial charge on any atom is 0.264 e. The van der Waals surface area contributed by atoms with E-state index in [9.17, 15) is 22.4 Å². The summed E-state index contributed by atoms with van der Waals surface area (Å²) in [5.41, 5.74) is 1.54. The van der Waals surface area contributed by atoms with Gasteiger partial charge in [-0.05, 0) is 67.3 Å². The Bertz CT molecular complexity index is 1410. The van der Waals surface area contributed by atoms with Crippen LogP contribution in [-0.2, 0) is 26.2 Å². The monoisotopic (exact) mass is 569 g/mol. The first-order chi connectivity index (χ1) is 18.9. The molecule has 3 aromatic rings. The van der Waals surface area contributed by atoms with Crippen molar-refractivity contribution in [3.05, 3.63) is 89.7 Å². The smallest absolute Gasteiger partial charge is 0.264 e. The molecule has 0 saturated carbocycles. The van der Waals surface area contributed by atoms with Gasteiger partial charge in [0.05, 0.1) is 17.7 Å². The summed E-state index contributed by atoms with van der Waals surface area (Å²) >= 11 is 0. The van der Waals surface area contributed by atoms with Crippen LogP contribution >= 0.6 is 0 Å². The first-order valence-corrected chi connectivity index (χ1v) is 14.4. The third-order valence-corrected chi connectivity index (χ3v) is 8.11. The number of aryl methyl sites for hydroxylation is 1. The minimum atomic E-state index is -4.22. The largest absolute Gasteiger partial charge is 0.495 e. The summed E-state index contributed by atoms with van der Waals surface area (Å²) in [6, 6.07) is 17.5. The molecule has 10 heteroatoms. The summed E-state index contributed by atoms with van der Waals surface area (Å²) in [5, 5.41) is 2.83. The van der Waals surface area contributed by atoms with Crippen molar-refractivity contribution in [2.75, 3.05) is 24.5 Å². The molecular formula is C30H36FN3O5S. The Balaban J connectivity index is 2.06. The Morgan fingerprint density at radius 1 is 0.975 bits per heavy atom. The van der Waals surface area contributed by atoms with E-state index in [1.54, 1.807) is 50.2 Å². The van der Waals surface area contributed by atoms with Gasteiger partial charge in [-0.3, -0.25) is 13.9 Å². The predicted octanol–water partition coefficient (Wildman–Crippen LogP) is 4.53. The molecule has 0 aliphatic rings. The third kappa shape index (κ3) is 7.59. The molecule has 0 unspecified atom stereocenters. The molecule has 0 aliphatic carbocycles. The van der Waals surface area contributed by atoms with Crippen LogP contribution in [0.5, 0.6) is 5.75 Å². The van der Waals surface area contributed by atoms with Crippen LogP contribution in [0.3, 0.4) is 0 Å². The maximum absolute atomic E-state index is 14.0. The number of methoxy groups -OCH3 is 1. The summed E-state index contributed by atoms with van der Waals surface area (Å²) in [6.07, 6.45) is 0. The van der Waals surface area contributed by atoms with Crippen molar-refractivity contribution < 1.29 is 27.1 Å². The van der Waals surface area contributed by atoms with Gasteiger partial charge in [-0.2, -0.15) is 0 Å². The molecule has 8 nitrogen and oxygen atoms in total. The van der Waals surface area contributed by atoms with Crippen molar-refractivity contribution in [2.24, 2.45) is 5.92 Å². The maximum atomic E-state index is 14.0. The Morgan fingerprint density at radius 3 is 2.23 bits per heavy atom. The average molecular weight is 570 g/mol. The zero-order valence-corrected chi connectivity index (χ0v) is 24.2. The van der Waals surface area contributed by atoms with Crippen LogP contribution in [0.2, 0.25) is 0 Å². The number of anilines is 1. The van der Waals surface area contributed by atoms with E-state index >= 15 is 0 Å². The van der Waals surface area contributed by atoms with E-state index in [2.05, 4.69) is 5.32 Å². The van der Waals surface area contributed by atoms with Crippen LogP contribution in [0.1, 0.15) is 31.9 Å². The van der Waals surface area contributed by atoms with Crippen LogP contribution in [0.4, 0.5) is 10.1 Å². The SMILES string of the molecule is COc1ccc(C)cc1N(CC(=O)N(Cc1ccc(F)cc1)[C@H](C)C(=O)NCC(C)C)S(=O)(=O)c1ccccc1. The molecular weight excluding hydrogens is 533 g/mol. The highest BCUT2D eigenvalue weighted by Crippen LogP contribution is 2.33. The number of nitrogens with zero attached hydrogens (tertiary/aromatic N) is 2.